The summed E-state index contributed by atoms with van der Waals surface area (Å²) in [5.41, 5.74) is 2.79. The summed E-state index contributed by atoms with van der Waals surface area (Å²) in [6.45, 7) is 0.906. The molecule has 6 nitrogen and oxygen atoms in total. The molecule has 4 rings (SSSR count). The van der Waals surface area contributed by atoms with Crippen LogP contribution in [0.3, 0.4) is 0 Å². The number of nitrogens with zero attached hydrogens (tertiary/aromatic N) is 2. The molecule has 0 fully saturated rings. The van der Waals surface area contributed by atoms with E-state index in [1.165, 1.54) is 0 Å². The first-order valence-corrected chi connectivity index (χ1v) is 9.38. The number of urea groups is 1. The van der Waals surface area contributed by atoms with E-state index in [0.717, 1.165) is 16.8 Å². The van der Waals surface area contributed by atoms with Gasteiger partial charge in [-0.3, -0.25) is 0 Å². The number of rotatable bonds is 7. The van der Waals surface area contributed by atoms with Crippen molar-refractivity contribution in [3.63, 3.8) is 0 Å². The molecule has 3 aromatic rings. The molecule has 0 saturated carbocycles. The van der Waals surface area contributed by atoms with E-state index in [4.69, 9.17) is 21.1 Å². The highest BCUT2D eigenvalue weighted by Crippen LogP contribution is 2.32. The fourth-order valence-electron chi connectivity index (χ4n) is 3.01. The standard InChI is InChI=1S/C22H18ClN3O3/c1-28-20-4-2-3-15(21(20)29-13-14-5-7-16(23)8-6-14)12-24-17-9-10-18-19(11-17)26-22(27)25-18/h2-11,24H,12-13H2,1H3. The lowest BCUT2D eigenvalue weighted by molar-refractivity contribution is 0.256. The van der Waals surface area contributed by atoms with Gasteiger partial charge in [0.25, 0.3) is 0 Å². The Labute approximate surface area is 172 Å². The summed E-state index contributed by atoms with van der Waals surface area (Å²) >= 11 is 5.94. The lowest BCUT2D eigenvalue weighted by atomic mass is 10.1. The summed E-state index contributed by atoms with van der Waals surface area (Å²) in [4.78, 5) is 19.0. The van der Waals surface area contributed by atoms with E-state index in [2.05, 4.69) is 15.3 Å². The Hall–Kier alpha value is -3.38. The van der Waals surface area contributed by atoms with Crippen molar-refractivity contribution in [3.8, 4) is 11.5 Å². The average Bonchev–Trinajstić information content (AvgIpc) is 3.11. The van der Waals surface area contributed by atoms with Crippen LogP contribution in [-0.2, 0) is 13.2 Å². The Bertz CT molecular complexity index is 1180. The Kier molecular flexibility index (Phi) is 5.44. The highest BCUT2D eigenvalue weighted by Gasteiger charge is 2.12. The van der Waals surface area contributed by atoms with E-state index in [1.54, 1.807) is 19.2 Å². The van der Waals surface area contributed by atoms with Gasteiger partial charge in [-0.25, -0.2) is 4.79 Å². The fourth-order valence-corrected chi connectivity index (χ4v) is 3.13. The van der Waals surface area contributed by atoms with E-state index in [1.807, 2.05) is 48.5 Å². The fraction of sp³-hybridized carbons (Fsp3) is 0.136. The number of nitrogens with one attached hydrogen (secondary N) is 1. The van der Waals surface area contributed by atoms with Crippen LogP contribution >= 0.6 is 11.6 Å². The minimum atomic E-state index is -0.470. The molecule has 3 aromatic carbocycles. The second kappa shape index (κ2) is 8.32. The van der Waals surface area contributed by atoms with Gasteiger partial charge in [-0.1, -0.05) is 35.9 Å². The topological polar surface area (TPSA) is 72.3 Å². The molecule has 0 saturated heterocycles. The van der Waals surface area contributed by atoms with Crippen molar-refractivity contribution in [1.29, 1.82) is 0 Å². The molecule has 0 bridgehead atoms. The summed E-state index contributed by atoms with van der Waals surface area (Å²) in [5, 5.41) is 5.19. The number of fused-ring (bicyclic) bond motifs is 1. The lowest BCUT2D eigenvalue weighted by Crippen LogP contribution is -2.21. The molecule has 0 atom stereocenters. The van der Waals surface area contributed by atoms with Gasteiger partial charge in [0.2, 0.25) is 0 Å². The quantitative estimate of drug-likeness (QED) is 0.644. The molecule has 0 unspecified atom stereocenters. The van der Waals surface area contributed by atoms with E-state index < -0.39 is 6.03 Å². The van der Waals surface area contributed by atoms with Crippen LogP contribution in [-0.4, -0.2) is 13.1 Å². The highest BCUT2D eigenvalue weighted by atomic mass is 35.5. The van der Waals surface area contributed by atoms with Gasteiger partial charge >= 0.3 is 6.03 Å². The van der Waals surface area contributed by atoms with Crippen molar-refractivity contribution in [3.05, 3.63) is 87.5 Å². The normalized spacial score (nSPS) is 12.0. The number of hydrogen-bond acceptors (Lipinski definition) is 4. The van der Waals surface area contributed by atoms with Gasteiger partial charge in [0.15, 0.2) is 11.5 Å². The molecule has 0 radical (unpaired) electrons. The zero-order valence-electron chi connectivity index (χ0n) is 15.7. The first-order valence-electron chi connectivity index (χ1n) is 9.01. The third kappa shape index (κ3) is 4.38. The number of ether oxygens (including phenoxy) is 2. The maximum absolute atomic E-state index is 11.3. The van der Waals surface area contributed by atoms with Crippen LogP contribution in [0, 0.1) is 0 Å². The second-order valence-electron chi connectivity index (χ2n) is 6.43. The number of hydrogen-bond donors (Lipinski definition) is 1. The first-order chi connectivity index (χ1) is 14.1. The van der Waals surface area contributed by atoms with Crippen molar-refractivity contribution >= 4 is 23.3 Å². The highest BCUT2D eigenvalue weighted by molar-refractivity contribution is 6.30. The monoisotopic (exact) mass is 407 g/mol. The van der Waals surface area contributed by atoms with Gasteiger partial charge < -0.3 is 14.8 Å². The minimum absolute atomic E-state index is 0.395. The molecule has 7 heteroatoms. The predicted molar refractivity (Wildman–Crippen MR) is 110 cm³/mol. The maximum atomic E-state index is 11.3. The second-order valence-corrected chi connectivity index (χ2v) is 6.86. The molecule has 1 aliphatic rings. The Morgan fingerprint density at radius 1 is 1.00 bits per heavy atom. The third-order valence-corrected chi connectivity index (χ3v) is 4.72. The summed E-state index contributed by atoms with van der Waals surface area (Å²) < 4.78 is 11.6. The van der Waals surface area contributed by atoms with Crippen molar-refractivity contribution in [1.82, 2.24) is 0 Å². The van der Waals surface area contributed by atoms with Crippen LogP contribution in [0.1, 0.15) is 11.1 Å². The van der Waals surface area contributed by atoms with Crippen LogP contribution in [0.15, 0.2) is 70.6 Å². The summed E-state index contributed by atoms with van der Waals surface area (Å²) in [6, 6.07) is 18.3. The largest absolute Gasteiger partial charge is 0.493 e. The number of carbonyl (C=O) groups is 1. The zero-order chi connectivity index (χ0) is 20.2. The van der Waals surface area contributed by atoms with Gasteiger partial charge in [-0.15, -0.1) is 0 Å². The molecular weight excluding hydrogens is 390 g/mol. The third-order valence-electron chi connectivity index (χ3n) is 4.47. The summed E-state index contributed by atoms with van der Waals surface area (Å²) in [7, 11) is 1.62. The number of para-hydroxylation sites is 1. The summed E-state index contributed by atoms with van der Waals surface area (Å²) in [6.07, 6.45) is 0. The molecule has 1 aliphatic heterocycles. The first kappa shape index (κ1) is 19.0. The number of amides is 2. The minimum Gasteiger partial charge on any atom is -0.493 e. The number of halogens is 1. The summed E-state index contributed by atoms with van der Waals surface area (Å²) in [5.74, 6) is 1.33. The van der Waals surface area contributed by atoms with E-state index in [-0.39, 0.29) is 0 Å². The number of carbonyl (C=O) groups excluding carboxylic acids is 1. The van der Waals surface area contributed by atoms with Crippen LogP contribution in [0.2, 0.25) is 5.02 Å². The van der Waals surface area contributed by atoms with Gasteiger partial charge in [0.05, 0.1) is 17.8 Å². The van der Waals surface area contributed by atoms with E-state index in [9.17, 15) is 4.79 Å². The molecule has 0 aliphatic carbocycles. The molecule has 1 N–H and O–H groups in total. The number of benzene rings is 3. The van der Waals surface area contributed by atoms with Crippen LogP contribution in [0.5, 0.6) is 11.5 Å². The molecule has 0 spiro atoms. The van der Waals surface area contributed by atoms with Crippen LogP contribution < -0.4 is 25.5 Å². The number of anilines is 1. The zero-order valence-corrected chi connectivity index (χ0v) is 16.4. The molecule has 1 heterocycles. The molecule has 0 aromatic heterocycles. The average molecular weight is 408 g/mol. The van der Waals surface area contributed by atoms with Crippen molar-refractivity contribution < 1.29 is 14.3 Å². The van der Waals surface area contributed by atoms with Crippen LogP contribution in [0.25, 0.3) is 0 Å². The van der Waals surface area contributed by atoms with Gasteiger partial charge in [0, 0.05) is 22.8 Å². The Morgan fingerprint density at radius 3 is 2.59 bits per heavy atom. The van der Waals surface area contributed by atoms with Gasteiger partial charge in [0.1, 0.15) is 6.61 Å². The van der Waals surface area contributed by atoms with Gasteiger partial charge in [-0.05, 0) is 42.0 Å². The number of methoxy groups -OCH3 is 1. The van der Waals surface area contributed by atoms with E-state index >= 15 is 0 Å². The SMILES string of the molecule is COc1cccc(CNc2ccc3c(c2)=NC(=O)N=3)c1OCc1ccc(Cl)cc1. The van der Waals surface area contributed by atoms with Crippen LogP contribution in [0.4, 0.5) is 10.5 Å². The molecule has 146 valence electrons. The molecule has 2 amide bonds. The van der Waals surface area contributed by atoms with Crippen molar-refractivity contribution in [2.75, 3.05) is 12.4 Å². The Balaban J connectivity index is 1.52. The smallest absolute Gasteiger partial charge is 0.368 e. The molecular formula is C22H18ClN3O3. The Morgan fingerprint density at radius 2 is 1.79 bits per heavy atom. The molecule has 29 heavy (non-hydrogen) atoms. The maximum Gasteiger partial charge on any atom is 0.368 e. The van der Waals surface area contributed by atoms with E-state index in [0.29, 0.717) is 40.4 Å². The van der Waals surface area contributed by atoms with Crippen molar-refractivity contribution in [2.24, 2.45) is 9.98 Å². The predicted octanol–water partition coefficient (Wildman–Crippen LogP) is 3.91. The van der Waals surface area contributed by atoms with Gasteiger partial charge in [-0.2, -0.15) is 9.98 Å². The lowest BCUT2D eigenvalue weighted by Gasteiger charge is -2.16. The van der Waals surface area contributed by atoms with Crippen molar-refractivity contribution in [2.45, 2.75) is 13.2 Å².